The summed E-state index contributed by atoms with van der Waals surface area (Å²) in [7, 11) is -7.79. The number of nitrogens with zero attached hydrogens (tertiary/aromatic N) is 1. The van der Waals surface area contributed by atoms with Crippen LogP contribution in [0.2, 0.25) is 10.0 Å². The number of halogens is 2. The van der Waals surface area contributed by atoms with Gasteiger partial charge in [0, 0.05) is 16.8 Å². The lowest BCUT2D eigenvalue weighted by atomic mass is 10.2. The minimum atomic E-state index is -3.97. The van der Waals surface area contributed by atoms with E-state index in [-0.39, 0.29) is 33.8 Å². The van der Waals surface area contributed by atoms with Crippen LogP contribution in [0, 0.1) is 0 Å². The fraction of sp³-hybridized carbons (Fsp3) is 0.136. The minimum absolute atomic E-state index is 0.0200. The van der Waals surface area contributed by atoms with Gasteiger partial charge in [0.25, 0.3) is 10.0 Å². The molecule has 0 unspecified atom stereocenters. The Balaban J connectivity index is 1.46. The zero-order chi connectivity index (χ0) is 26.1. The zero-order valence-electron chi connectivity index (χ0n) is 18.6. The number of carbonyl (C=O) groups excluding carboxylic acids is 1. The highest BCUT2D eigenvalue weighted by molar-refractivity contribution is 7.92. The van der Waals surface area contributed by atoms with Gasteiger partial charge in [-0.3, -0.25) is 13.8 Å². The zero-order valence-corrected chi connectivity index (χ0v) is 21.7. The van der Waals surface area contributed by atoms with Crippen molar-refractivity contribution in [1.82, 2.24) is 0 Å². The summed E-state index contributed by atoms with van der Waals surface area (Å²) in [6, 6.07) is 14.2. The second-order valence-corrected chi connectivity index (χ2v) is 12.0. The van der Waals surface area contributed by atoms with Crippen LogP contribution in [0.5, 0.6) is 11.5 Å². The lowest BCUT2D eigenvalue weighted by molar-refractivity contribution is -0.114. The monoisotopic (exact) mass is 571 g/mol. The van der Waals surface area contributed by atoms with Crippen molar-refractivity contribution >= 4 is 66.2 Å². The normalized spacial score (nSPS) is 12.8. The van der Waals surface area contributed by atoms with Crippen LogP contribution in [-0.4, -0.2) is 42.3 Å². The van der Waals surface area contributed by atoms with Crippen LogP contribution in [0.4, 0.5) is 17.1 Å². The Labute approximate surface area is 217 Å². The van der Waals surface area contributed by atoms with Gasteiger partial charge >= 0.3 is 0 Å². The third kappa shape index (κ3) is 5.95. The number of hydrogen-bond donors (Lipinski definition) is 2. The number of ether oxygens (including phenoxy) is 2. The predicted molar refractivity (Wildman–Crippen MR) is 137 cm³/mol. The molecule has 0 atom stereocenters. The highest BCUT2D eigenvalue weighted by Gasteiger charge is 2.24. The molecule has 3 aromatic rings. The van der Waals surface area contributed by atoms with E-state index in [0.29, 0.717) is 16.5 Å². The second kappa shape index (κ2) is 10.1. The summed E-state index contributed by atoms with van der Waals surface area (Å²) in [6.07, 6.45) is 0.977. The molecular formula is C22H19Cl2N3O7S2. The van der Waals surface area contributed by atoms with E-state index in [0.717, 1.165) is 10.6 Å². The largest absolute Gasteiger partial charge is 0.454 e. The van der Waals surface area contributed by atoms with E-state index in [9.17, 15) is 21.6 Å². The van der Waals surface area contributed by atoms with Crippen LogP contribution < -0.4 is 23.8 Å². The molecule has 0 fully saturated rings. The molecule has 0 saturated heterocycles. The molecular weight excluding hydrogens is 553 g/mol. The van der Waals surface area contributed by atoms with Crippen molar-refractivity contribution in [2.24, 2.45) is 0 Å². The van der Waals surface area contributed by atoms with Gasteiger partial charge in [0.15, 0.2) is 11.5 Å². The van der Waals surface area contributed by atoms with Crippen molar-refractivity contribution in [1.29, 1.82) is 0 Å². The summed E-state index contributed by atoms with van der Waals surface area (Å²) in [4.78, 5) is 12.6. The van der Waals surface area contributed by atoms with E-state index < -0.39 is 32.5 Å². The fourth-order valence-electron chi connectivity index (χ4n) is 3.26. The first kappa shape index (κ1) is 25.9. The standard InChI is InChI=1S/C22H19Cl2N3O7S2/c1-35(29,30)27(16-5-9-20-21(11-16)34-13-33-20)12-22(28)25-15-3-6-17(7-4-15)36(31,32)26-19-8-2-14(23)10-18(19)24/h2-11,26H,12-13H2,1H3,(H,25,28). The Kier molecular flexibility index (Phi) is 7.23. The quantitative estimate of drug-likeness (QED) is 0.418. The molecule has 0 aliphatic carbocycles. The molecule has 0 aromatic heterocycles. The Morgan fingerprint density at radius 3 is 2.31 bits per heavy atom. The van der Waals surface area contributed by atoms with Crippen molar-refractivity contribution in [2.45, 2.75) is 4.90 Å². The predicted octanol–water partition coefficient (Wildman–Crippen LogP) is 3.93. The highest BCUT2D eigenvalue weighted by atomic mass is 35.5. The van der Waals surface area contributed by atoms with Gasteiger partial charge in [0.2, 0.25) is 22.7 Å². The van der Waals surface area contributed by atoms with Crippen molar-refractivity contribution in [3.63, 3.8) is 0 Å². The van der Waals surface area contributed by atoms with Gasteiger partial charge < -0.3 is 14.8 Å². The Hall–Kier alpha value is -3.19. The number of sulfonamides is 2. The number of carbonyl (C=O) groups is 1. The molecule has 1 heterocycles. The average Bonchev–Trinajstić information content (AvgIpc) is 3.27. The molecule has 1 aliphatic heterocycles. The first-order chi connectivity index (χ1) is 16.9. The summed E-state index contributed by atoms with van der Waals surface area (Å²) in [5.74, 6) is 0.200. The van der Waals surface area contributed by atoms with Crippen molar-refractivity contribution in [3.8, 4) is 11.5 Å². The molecule has 0 saturated carbocycles. The molecule has 0 spiro atoms. The number of hydrogen-bond acceptors (Lipinski definition) is 7. The third-order valence-corrected chi connectivity index (χ3v) is 8.03. The van der Waals surface area contributed by atoms with Crippen LogP contribution in [-0.2, 0) is 24.8 Å². The van der Waals surface area contributed by atoms with Gasteiger partial charge in [-0.15, -0.1) is 0 Å². The summed E-state index contributed by atoms with van der Waals surface area (Å²) in [5.41, 5.74) is 0.649. The van der Waals surface area contributed by atoms with Crippen molar-refractivity contribution in [2.75, 3.05) is 33.9 Å². The molecule has 190 valence electrons. The van der Waals surface area contributed by atoms with Crippen LogP contribution in [0.1, 0.15) is 0 Å². The first-order valence-corrected chi connectivity index (χ1v) is 14.3. The van der Waals surface area contributed by atoms with E-state index in [4.69, 9.17) is 32.7 Å². The van der Waals surface area contributed by atoms with E-state index >= 15 is 0 Å². The maximum Gasteiger partial charge on any atom is 0.261 e. The number of amides is 1. The maximum atomic E-state index is 12.7. The maximum absolute atomic E-state index is 12.7. The molecule has 4 rings (SSSR count). The van der Waals surface area contributed by atoms with Crippen molar-refractivity contribution < 1.29 is 31.1 Å². The fourth-order valence-corrected chi connectivity index (χ4v) is 5.70. The van der Waals surface area contributed by atoms with Crippen molar-refractivity contribution in [3.05, 3.63) is 70.7 Å². The number of benzene rings is 3. The molecule has 1 aliphatic rings. The third-order valence-electron chi connectivity index (χ3n) is 4.96. The molecule has 2 N–H and O–H groups in total. The van der Waals surface area contributed by atoms with E-state index in [1.165, 1.54) is 54.6 Å². The van der Waals surface area contributed by atoms with Gasteiger partial charge in [-0.1, -0.05) is 23.2 Å². The molecule has 14 heteroatoms. The lowest BCUT2D eigenvalue weighted by Gasteiger charge is -2.22. The Morgan fingerprint density at radius 1 is 0.944 bits per heavy atom. The smallest absolute Gasteiger partial charge is 0.261 e. The molecule has 0 bridgehead atoms. The number of anilines is 3. The van der Waals surface area contributed by atoms with E-state index in [2.05, 4.69) is 10.0 Å². The van der Waals surface area contributed by atoms with Gasteiger partial charge in [-0.25, -0.2) is 16.8 Å². The molecule has 36 heavy (non-hydrogen) atoms. The average molecular weight is 572 g/mol. The molecule has 1 amide bonds. The SMILES string of the molecule is CS(=O)(=O)N(CC(=O)Nc1ccc(S(=O)(=O)Nc2ccc(Cl)cc2Cl)cc1)c1ccc2c(c1)OCO2. The Morgan fingerprint density at radius 2 is 1.64 bits per heavy atom. The Bertz CT molecular complexity index is 1530. The van der Waals surface area contributed by atoms with Crippen LogP contribution >= 0.6 is 23.2 Å². The topological polar surface area (TPSA) is 131 Å². The van der Waals surface area contributed by atoms with E-state index in [1.54, 1.807) is 6.07 Å². The number of fused-ring (bicyclic) bond motifs is 1. The van der Waals surface area contributed by atoms with Crippen LogP contribution in [0.25, 0.3) is 0 Å². The van der Waals surface area contributed by atoms with Crippen LogP contribution in [0.15, 0.2) is 65.6 Å². The molecule has 10 nitrogen and oxygen atoms in total. The number of rotatable bonds is 8. The summed E-state index contributed by atoms with van der Waals surface area (Å²) >= 11 is 11.9. The van der Waals surface area contributed by atoms with Gasteiger partial charge in [0.1, 0.15) is 6.54 Å². The lowest BCUT2D eigenvalue weighted by Crippen LogP contribution is -2.37. The van der Waals surface area contributed by atoms with E-state index in [1.807, 2.05) is 0 Å². The summed E-state index contributed by atoms with van der Waals surface area (Å²) in [5, 5.41) is 3.05. The van der Waals surface area contributed by atoms with Gasteiger partial charge in [-0.05, 0) is 54.6 Å². The van der Waals surface area contributed by atoms with Gasteiger partial charge in [-0.2, -0.15) is 0 Å². The first-order valence-electron chi connectivity index (χ1n) is 10.2. The molecule has 3 aromatic carbocycles. The van der Waals surface area contributed by atoms with Gasteiger partial charge in [0.05, 0.1) is 27.5 Å². The number of nitrogens with one attached hydrogen (secondary N) is 2. The second-order valence-electron chi connectivity index (χ2n) is 7.61. The summed E-state index contributed by atoms with van der Waals surface area (Å²) < 4.78 is 63.9. The van der Waals surface area contributed by atoms with Crippen LogP contribution in [0.3, 0.4) is 0 Å². The summed E-state index contributed by atoms with van der Waals surface area (Å²) in [6.45, 7) is -0.499. The minimum Gasteiger partial charge on any atom is -0.454 e. The highest BCUT2D eigenvalue weighted by Crippen LogP contribution is 2.36. The molecule has 0 radical (unpaired) electrons.